The van der Waals surface area contributed by atoms with Crippen molar-refractivity contribution in [1.82, 2.24) is 10.3 Å². The maximum atomic E-state index is 9.64. The number of fused-ring (bicyclic) bond motifs is 1. The zero-order chi connectivity index (χ0) is 14.6. The molecular formula is C16H28N2OS. The van der Waals surface area contributed by atoms with E-state index in [-0.39, 0.29) is 18.1 Å². The lowest BCUT2D eigenvalue weighted by Gasteiger charge is -2.30. The van der Waals surface area contributed by atoms with Gasteiger partial charge in [0.1, 0.15) is 5.01 Å². The van der Waals surface area contributed by atoms with Gasteiger partial charge in [0, 0.05) is 23.4 Å². The second-order valence-corrected chi connectivity index (χ2v) is 7.21. The second-order valence-electron chi connectivity index (χ2n) is 6.10. The molecule has 114 valence electrons. The van der Waals surface area contributed by atoms with Crippen molar-refractivity contribution in [3.63, 3.8) is 0 Å². The van der Waals surface area contributed by atoms with Gasteiger partial charge in [-0.15, -0.1) is 11.3 Å². The third-order valence-electron chi connectivity index (χ3n) is 4.85. The van der Waals surface area contributed by atoms with Gasteiger partial charge in [-0.3, -0.25) is 0 Å². The highest BCUT2D eigenvalue weighted by Gasteiger charge is 2.26. The van der Waals surface area contributed by atoms with Crippen LogP contribution in [0.1, 0.15) is 68.1 Å². The molecule has 1 aliphatic carbocycles. The molecule has 0 saturated heterocycles. The Morgan fingerprint density at radius 2 is 2.00 bits per heavy atom. The Bertz CT molecular complexity index is 394. The molecule has 1 aromatic heterocycles. The van der Waals surface area contributed by atoms with Crippen molar-refractivity contribution in [3.05, 3.63) is 15.6 Å². The summed E-state index contributed by atoms with van der Waals surface area (Å²) in [6.07, 6.45) is 6.99. The minimum Gasteiger partial charge on any atom is -0.396 e. The highest BCUT2D eigenvalue weighted by Crippen LogP contribution is 2.31. The number of hydrogen-bond donors (Lipinski definition) is 2. The van der Waals surface area contributed by atoms with Crippen LogP contribution in [-0.4, -0.2) is 23.2 Å². The van der Waals surface area contributed by atoms with Crippen LogP contribution in [0.4, 0.5) is 0 Å². The number of nitrogens with zero attached hydrogens (tertiary/aromatic N) is 1. The van der Waals surface area contributed by atoms with E-state index in [2.05, 4.69) is 26.1 Å². The quantitative estimate of drug-likeness (QED) is 0.810. The Labute approximate surface area is 126 Å². The van der Waals surface area contributed by atoms with Gasteiger partial charge in [0.2, 0.25) is 0 Å². The molecule has 0 amide bonds. The Morgan fingerprint density at radius 3 is 2.60 bits per heavy atom. The van der Waals surface area contributed by atoms with E-state index in [0.29, 0.717) is 0 Å². The predicted octanol–water partition coefficient (Wildman–Crippen LogP) is 3.47. The first-order chi connectivity index (χ1) is 9.64. The van der Waals surface area contributed by atoms with Crippen LogP contribution in [0.15, 0.2) is 0 Å². The van der Waals surface area contributed by atoms with Crippen molar-refractivity contribution in [2.75, 3.05) is 13.2 Å². The maximum absolute atomic E-state index is 9.64. The third-order valence-corrected chi connectivity index (χ3v) is 6.19. The summed E-state index contributed by atoms with van der Waals surface area (Å²) in [5, 5.41) is 14.4. The van der Waals surface area contributed by atoms with E-state index in [9.17, 15) is 5.11 Å². The normalized spacial score (nSPS) is 17.0. The van der Waals surface area contributed by atoms with Gasteiger partial charge in [-0.25, -0.2) is 4.98 Å². The number of thiazole rings is 1. The van der Waals surface area contributed by atoms with Crippen molar-refractivity contribution in [1.29, 1.82) is 0 Å². The van der Waals surface area contributed by atoms with Crippen molar-refractivity contribution in [2.45, 2.75) is 65.3 Å². The number of aryl methyl sites for hydroxylation is 2. The van der Waals surface area contributed by atoms with Gasteiger partial charge >= 0.3 is 0 Å². The number of aromatic nitrogens is 1. The fraction of sp³-hybridized carbons (Fsp3) is 0.812. The Hall–Kier alpha value is -0.450. The molecule has 1 unspecified atom stereocenters. The van der Waals surface area contributed by atoms with Gasteiger partial charge in [-0.2, -0.15) is 0 Å². The summed E-state index contributed by atoms with van der Waals surface area (Å²) in [7, 11) is 0. The van der Waals surface area contributed by atoms with E-state index in [0.717, 1.165) is 25.8 Å². The number of aliphatic hydroxyl groups is 1. The Balaban J connectivity index is 1.97. The minimum atomic E-state index is 0.0190. The van der Waals surface area contributed by atoms with Crippen molar-refractivity contribution in [2.24, 2.45) is 5.41 Å². The number of nitrogens with one attached hydrogen (secondary N) is 1. The van der Waals surface area contributed by atoms with Crippen LogP contribution in [0.2, 0.25) is 0 Å². The zero-order valence-corrected chi connectivity index (χ0v) is 13.9. The predicted molar refractivity (Wildman–Crippen MR) is 85.3 cm³/mol. The molecule has 2 rings (SSSR count). The van der Waals surface area contributed by atoms with Gasteiger partial charge in [0.15, 0.2) is 0 Å². The summed E-state index contributed by atoms with van der Waals surface area (Å²) in [6, 6.07) is 0.287. The van der Waals surface area contributed by atoms with E-state index >= 15 is 0 Å². The lowest BCUT2D eigenvalue weighted by atomic mass is 9.83. The smallest absolute Gasteiger partial charge is 0.110 e. The van der Waals surface area contributed by atoms with Crippen LogP contribution in [0.25, 0.3) is 0 Å². The van der Waals surface area contributed by atoms with Crippen LogP contribution in [0, 0.1) is 5.41 Å². The van der Waals surface area contributed by atoms with Crippen LogP contribution in [-0.2, 0) is 12.8 Å². The first kappa shape index (κ1) is 15.9. The van der Waals surface area contributed by atoms with E-state index < -0.39 is 0 Å². The zero-order valence-electron chi connectivity index (χ0n) is 13.0. The lowest BCUT2D eigenvalue weighted by Crippen LogP contribution is -2.37. The molecule has 1 aliphatic rings. The molecule has 0 saturated carbocycles. The van der Waals surface area contributed by atoms with E-state index in [1.54, 1.807) is 0 Å². The highest BCUT2D eigenvalue weighted by atomic mass is 32.1. The van der Waals surface area contributed by atoms with Gasteiger partial charge in [-0.1, -0.05) is 13.8 Å². The van der Waals surface area contributed by atoms with Crippen LogP contribution < -0.4 is 5.32 Å². The van der Waals surface area contributed by atoms with Crippen molar-refractivity contribution < 1.29 is 5.11 Å². The molecule has 1 aromatic rings. The van der Waals surface area contributed by atoms with E-state index in [4.69, 9.17) is 4.98 Å². The largest absolute Gasteiger partial charge is 0.396 e. The first-order valence-electron chi connectivity index (χ1n) is 7.97. The van der Waals surface area contributed by atoms with Crippen LogP contribution in [0.5, 0.6) is 0 Å². The monoisotopic (exact) mass is 296 g/mol. The molecule has 20 heavy (non-hydrogen) atoms. The molecule has 3 nitrogen and oxygen atoms in total. The van der Waals surface area contributed by atoms with Gasteiger partial charge < -0.3 is 10.4 Å². The van der Waals surface area contributed by atoms with Gasteiger partial charge in [-0.05, 0) is 45.4 Å². The molecule has 0 bridgehead atoms. The van der Waals surface area contributed by atoms with Gasteiger partial charge in [0.25, 0.3) is 0 Å². The summed E-state index contributed by atoms with van der Waals surface area (Å²) >= 11 is 1.88. The average molecular weight is 296 g/mol. The standard InChI is InChI=1S/C16H28N2OS/c1-4-16(5-2,11-19)10-17-12(3)15-18-13-8-6-7-9-14(13)20-15/h12,17,19H,4-11H2,1-3H3. The molecule has 2 N–H and O–H groups in total. The van der Waals surface area contributed by atoms with E-state index in [1.807, 2.05) is 11.3 Å². The summed E-state index contributed by atoms with van der Waals surface area (Å²) in [5.74, 6) is 0. The Morgan fingerprint density at radius 1 is 1.30 bits per heavy atom. The average Bonchev–Trinajstić information content (AvgIpc) is 2.93. The molecule has 4 heteroatoms. The SMILES string of the molecule is CCC(CC)(CO)CNC(C)c1nc2c(s1)CCCC2. The van der Waals surface area contributed by atoms with Crippen molar-refractivity contribution in [3.8, 4) is 0 Å². The molecule has 1 heterocycles. The molecular weight excluding hydrogens is 268 g/mol. The minimum absolute atomic E-state index is 0.0190. The number of rotatable bonds is 7. The molecule has 0 spiro atoms. The summed E-state index contributed by atoms with van der Waals surface area (Å²) in [6.45, 7) is 7.63. The summed E-state index contributed by atoms with van der Waals surface area (Å²) in [4.78, 5) is 6.32. The fourth-order valence-corrected chi connectivity index (χ4v) is 3.97. The lowest BCUT2D eigenvalue weighted by molar-refractivity contribution is 0.110. The summed E-state index contributed by atoms with van der Waals surface area (Å²) in [5.41, 5.74) is 1.36. The first-order valence-corrected chi connectivity index (χ1v) is 8.78. The topological polar surface area (TPSA) is 45.1 Å². The summed E-state index contributed by atoms with van der Waals surface area (Å²) < 4.78 is 0. The fourth-order valence-electron chi connectivity index (χ4n) is 2.79. The molecule has 0 aliphatic heterocycles. The molecule has 0 aromatic carbocycles. The second kappa shape index (κ2) is 7.01. The van der Waals surface area contributed by atoms with Crippen LogP contribution >= 0.6 is 11.3 Å². The van der Waals surface area contributed by atoms with Crippen molar-refractivity contribution >= 4 is 11.3 Å². The van der Waals surface area contributed by atoms with E-state index in [1.165, 1.54) is 34.8 Å². The highest BCUT2D eigenvalue weighted by molar-refractivity contribution is 7.11. The maximum Gasteiger partial charge on any atom is 0.110 e. The number of aliphatic hydroxyl groups excluding tert-OH is 1. The third kappa shape index (κ3) is 3.41. The molecule has 1 atom stereocenters. The molecule has 0 radical (unpaired) electrons. The number of hydrogen-bond acceptors (Lipinski definition) is 4. The Kier molecular flexibility index (Phi) is 5.58. The molecule has 0 fully saturated rings. The van der Waals surface area contributed by atoms with Gasteiger partial charge in [0.05, 0.1) is 11.7 Å². The van der Waals surface area contributed by atoms with Crippen LogP contribution in [0.3, 0.4) is 0 Å².